The number of hydrogen-bond acceptors (Lipinski definition) is 4. The molecule has 0 spiro atoms. The first-order chi connectivity index (χ1) is 10.2. The lowest BCUT2D eigenvalue weighted by atomic mass is 10.2. The van der Waals surface area contributed by atoms with Crippen molar-refractivity contribution in [1.29, 1.82) is 0 Å². The van der Waals surface area contributed by atoms with Gasteiger partial charge in [-0.1, -0.05) is 17.7 Å². The van der Waals surface area contributed by atoms with Crippen LogP contribution < -0.4 is 5.32 Å². The van der Waals surface area contributed by atoms with Crippen molar-refractivity contribution in [1.82, 2.24) is 9.97 Å². The highest BCUT2D eigenvalue weighted by Gasteiger charge is 2.09. The third-order valence-corrected chi connectivity index (χ3v) is 4.34. The molecule has 3 rings (SSSR count). The third-order valence-electron chi connectivity index (χ3n) is 3.04. The smallest absolute Gasteiger partial charge is 0.156 e. The van der Waals surface area contributed by atoms with E-state index in [1.54, 1.807) is 12.4 Å². The molecule has 6 heteroatoms. The van der Waals surface area contributed by atoms with E-state index in [-0.39, 0.29) is 6.61 Å². The highest BCUT2D eigenvalue weighted by atomic mass is 79.9. The molecule has 0 bridgehead atoms. The average molecular weight is 365 g/mol. The summed E-state index contributed by atoms with van der Waals surface area (Å²) in [6.07, 6.45) is 3.33. The number of fused-ring (bicyclic) bond motifs is 1. The molecule has 0 fully saturated rings. The molecule has 0 atom stereocenters. The highest BCUT2D eigenvalue weighted by molar-refractivity contribution is 9.10. The first-order valence-corrected chi connectivity index (χ1v) is 7.41. The molecular formula is C15H11BrClN3O. The van der Waals surface area contributed by atoms with Gasteiger partial charge in [0.2, 0.25) is 0 Å². The Morgan fingerprint density at radius 2 is 2.10 bits per heavy atom. The molecule has 4 nitrogen and oxygen atoms in total. The van der Waals surface area contributed by atoms with E-state index in [4.69, 9.17) is 11.6 Å². The molecule has 21 heavy (non-hydrogen) atoms. The van der Waals surface area contributed by atoms with Crippen molar-refractivity contribution in [3.05, 3.63) is 57.8 Å². The lowest BCUT2D eigenvalue weighted by Gasteiger charge is -2.10. The molecule has 0 amide bonds. The minimum absolute atomic E-state index is 0.0362. The summed E-state index contributed by atoms with van der Waals surface area (Å²) in [4.78, 5) is 8.68. The Balaban J connectivity index is 2.06. The highest BCUT2D eigenvalue weighted by Crippen LogP contribution is 2.32. The minimum atomic E-state index is -0.0362. The van der Waals surface area contributed by atoms with E-state index in [0.29, 0.717) is 10.8 Å². The SMILES string of the molecule is OCc1cnc2c(Nc3cccc(Br)c3Cl)nccc2c1. The van der Waals surface area contributed by atoms with Gasteiger partial charge in [0.15, 0.2) is 5.82 Å². The van der Waals surface area contributed by atoms with Gasteiger partial charge in [-0.25, -0.2) is 4.98 Å². The van der Waals surface area contributed by atoms with E-state index in [0.717, 1.165) is 26.6 Å². The lowest BCUT2D eigenvalue weighted by Crippen LogP contribution is -1.97. The number of hydrogen-bond donors (Lipinski definition) is 2. The van der Waals surface area contributed by atoms with Crippen molar-refractivity contribution in [2.24, 2.45) is 0 Å². The molecule has 0 aliphatic heterocycles. The van der Waals surface area contributed by atoms with Crippen LogP contribution in [-0.2, 0) is 6.61 Å². The predicted molar refractivity (Wildman–Crippen MR) is 87.9 cm³/mol. The van der Waals surface area contributed by atoms with Gasteiger partial charge in [-0.05, 0) is 45.8 Å². The fourth-order valence-corrected chi connectivity index (χ4v) is 2.55. The summed E-state index contributed by atoms with van der Waals surface area (Å²) in [5.74, 6) is 0.622. The number of benzene rings is 1. The summed E-state index contributed by atoms with van der Waals surface area (Å²) in [5.41, 5.74) is 2.24. The van der Waals surface area contributed by atoms with Gasteiger partial charge in [0.25, 0.3) is 0 Å². The molecule has 1 aromatic carbocycles. The second-order valence-corrected chi connectivity index (χ2v) is 5.69. The number of nitrogens with one attached hydrogen (secondary N) is 1. The standard InChI is InChI=1S/C15H11BrClN3O/c16-11-2-1-3-12(13(11)17)20-15-14-10(4-5-18-15)6-9(8-21)7-19-14/h1-7,21H,8H2,(H,18,20). The van der Waals surface area contributed by atoms with Crippen LogP contribution in [-0.4, -0.2) is 15.1 Å². The molecule has 0 saturated heterocycles. The van der Waals surface area contributed by atoms with Gasteiger partial charge in [-0.2, -0.15) is 0 Å². The molecule has 0 radical (unpaired) electrons. The summed E-state index contributed by atoms with van der Waals surface area (Å²) in [6.45, 7) is -0.0362. The molecule has 0 aliphatic carbocycles. The van der Waals surface area contributed by atoms with Gasteiger partial charge in [0.1, 0.15) is 5.52 Å². The first-order valence-electron chi connectivity index (χ1n) is 6.24. The Morgan fingerprint density at radius 1 is 1.24 bits per heavy atom. The number of rotatable bonds is 3. The fraction of sp³-hybridized carbons (Fsp3) is 0.0667. The zero-order chi connectivity index (χ0) is 14.8. The van der Waals surface area contributed by atoms with Crippen LogP contribution in [0.1, 0.15) is 5.56 Å². The van der Waals surface area contributed by atoms with Crippen LogP contribution in [0.4, 0.5) is 11.5 Å². The van der Waals surface area contributed by atoms with Crippen LogP contribution in [0, 0.1) is 0 Å². The molecule has 0 unspecified atom stereocenters. The summed E-state index contributed by atoms with van der Waals surface area (Å²) in [7, 11) is 0. The third kappa shape index (κ3) is 2.85. The van der Waals surface area contributed by atoms with Gasteiger partial charge in [-0.15, -0.1) is 0 Å². The number of nitrogens with zero attached hydrogens (tertiary/aromatic N) is 2. The minimum Gasteiger partial charge on any atom is -0.392 e. The Morgan fingerprint density at radius 3 is 2.90 bits per heavy atom. The maximum absolute atomic E-state index is 9.17. The van der Waals surface area contributed by atoms with Crippen LogP contribution in [0.3, 0.4) is 0 Å². The second kappa shape index (κ2) is 5.97. The second-order valence-electron chi connectivity index (χ2n) is 4.46. The van der Waals surface area contributed by atoms with Crippen LogP contribution in [0.5, 0.6) is 0 Å². The number of aliphatic hydroxyl groups excluding tert-OH is 1. The molecular weight excluding hydrogens is 354 g/mol. The largest absolute Gasteiger partial charge is 0.392 e. The molecule has 106 valence electrons. The Hall–Kier alpha value is -1.69. The monoisotopic (exact) mass is 363 g/mol. The van der Waals surface area contributed by atoms with Crippen LogP contribution >= 0.6 is 27.5 Å². The van der Waals surface area contributed by atoms with E-state index >= 15 is 0 Å². The first kappa shape index (κ1) is 14.3. The summed E-state index contributed by atoms with van der Waals surface area (Å²) in [6, 6.07) is 9.37. The number of pyridine rings is 2. The van der Waals surface area contributed by atoms with E-state index < -0.39 is 0 Å². The van der Waals surface area contributed by atoms with E-state index in [2.05, 4.69) is 31.2 Å². The van der Waals surface area contributed by atoms with Gasteiger partial charge < -0.3 is 10.4 Å². The Labute approximate surface area is 134 Å². The zero-order valence-corrected chi connectivity index (χ0v) is 13.2. The van der Waals surface area contributed by atoms with Crippen LogP contribution in [0.25, 0.3) is 10.9 Å². The van der Waals surface area contributed by atoms with Crippen molar-refractivity contribution in [2.45, 2.75) is 6.61 Å². The predicted octanol–water partition coefficient (Wildman–Crippen LogP) is 4.28. The van der Waals surface area contributed by atoms with Gasteiger partial charge in [-0.3, -0.25) is 4.98 Å². The van der Waals surface area contributed by atoms with Crippen LogP contribution in [0.2, 0.25) is 5.02 Å². The van der Waals surface area contributed by atoms with E-state index in [9.17, 15) is 5.11 Å². The number of anilines is 2. The quantitative estimate of drug-likeness (QED) is 0.728. The van der Waals surface area contributed by atoms with E-state index in [1.165, 1.54) is 0 Å². The van der Waals surface area contributed by atoms with Gasteiger partial charge in [0.05, 0.1) is 17.3 Å². The van der Waals surface area contributed by atoms with E-state index in [1.807, 2.05) is 30.3 Å². The maximum atomic E-state index is 9.17. The van der Waals surface area contributed by atoms with Crippen molar-refractivity contribution < 1.29 is 5.11 Å². The maximum Gasteiger partial charge on any atom is 0.156 e. The Bertz CT molecular complexity index is 810. The van der Waals surface area contributed by atoms with Crippen molar-refractivity contribution in [3.8, 4) is 0 Å². The molecule has 0 saturated carbocycles. The molecule has 2 heterocycles. The number of aliphatic hydroxyl groups is 1. The molecule has 2 aromatic heterocycles. The molecule has 0 aliphatic rings. The van der Waals surface area contributed by atoms with Crippen molar-refractivity contribution >= 4 is 49.9 Å². The normalized spacial score (nSPS) is 10.8. The summed E-state index contributed by atoms with van der Waals surface area (Å²) < 4.78 is 0.810. The van der Waals surface area contributed by atoms with Crippen molar-refractivity contribution in [2.75, 3.05) is 5.32 Å². The number of halogens is 2. The van der Waals surface area contributed by atoms with Gasteiger partial charge >= 0.3 is 0 Å². The zero-order valence-electron chi connectivity index (χ0n) is 10.8. The number of aromatic nitrogens is 2. The van der Waals surface area contributed by atoms with Crippen molar-refractivity contribution in [3.63, 3.8) is 0 Å². The van der Waals surface area contributed by atoms with Crippen LogP contribution in [0.15, 0.2) is 47.2 Å². The molecule has 2 N–H and O–H groups in total. The fourth-order valence-electron chi connectivity index (χ4n) is 2.01. The summed E-state index contributed by atoms with van der Waals surface area (Å²) >= 11 is 9.64. The molecule has 3 aromatic rings. The topological polar surface area (TPSA) is 58.0 Å². The Kier molecular flexibility index (Phi) is 4.05. The lowest BCUT2D eigenvalue weighted by molar-refractivity contribution is 0.281. The average Bonchev–Trinajstić information content (AvgIpc) is 2.51. The summed E-state index contributed by atoms with van der Waals surface area (Å²) in [5, 5.41) is 13.9. The van der Waals surface area contributed by atoms with Gasteiger partial charge in [0, 0.05) is 22.3 Å².